The van der Waals surface area contributed by atoms with E-state index in [1.807, 2.05) is 20.8 Å². The number of rotatable bonds is 7. The first-order chi connectivity index (χ1) is 9.85. The quantitative estimate of drug-likeness (QED) is 0.717. The largest absolute Gasteiger partial charge is 0.479 e. The van der Waals surface area contributed by atoms with Gasteiger partial charge in [0.2, 0.25) is 0 Å². The number of hydrogen-bond donors (Lipinski definition) is 3. The predicted molar refractivity (Wildman–Crippen MR) is 79.1 cm³/mol. The summed E-state index contributed by atoms with van der Waals surface area (Å²) in [7, 11) is 0. The van der Waals surface area contributed by atoms with Crippen LogP contribution in [0.15, 0.2) is 30.3 Å². The lowest BCUT2D eigenvalue weighted by molar-refractivity contribution is -0.139. The lowest BCUT2D eigenvalue weighted by Gasteiger charge is -2.25. The van der Waals surface area contributed by atoms with Crippen molar-refractivity contribution in [3.63, 3.8) is 0 Å². The molecule has 1 rings (SSSR count). The van der Waals surface area contributed by atoms with Gasteiger partial charge in [-0.05, 0) is 26.3 Å². The minimum Gasteiger partial charge on any atom is -0.479 e. The van der Waals surface area contributed by atoms with Crippen molar-refractivity contribution >= 4 is 12.0 Å². The first-order valence-corrected chi connectivity index (χ1v) is 6.82. The number of carbonyl (C=O) groups is 2. The molecule has 3 N–H and O–H groups in total. The van der Waals surface area contributed by atoms with Gasteiger partial charge in [-0.3, -0.25) is 0 Å². The van der Waals surface area contributed by atoms with Crippen molar-refractivity contribution in [2.45, 2.75) is 32.4 Å². The fourth-order valence-corrected chi connectivity index (χ4v) is 1.85. The molecule has 6 nitrogen and oxygen atoms in total. The zero-order valence-corrected chi connectivity index (χ0v) is 12.6. The summed E-state index contributed by atoms with van der Waals surface area (Å²) >= 11 is 0. The Morgan fingerprint density at radius 2 is 1.90 bits per heavy atom. The lowest BCUT2D eigenvalue weighted by atomic mass is 10.1. The van der Waals surface area contributed by atoms with Crippen LogP contribution in [0.5, 0.6) is 0 Å². The fraction of sp³-hybridized carbons (Fsp3) is 0.467. The second-order valence-corrected chi connectivity index (χ2v) is 5.20. The van der Waals surface area contributed by atoms with E-state index < -0.39 is 23.6 Å². The number of hydrogen-bond acceptors (Lipinski definition) is 3. The van der Waals surface area contributed by atoms with E-state index in [1.54, 1.807) is 30.3 Å². The van der Waals surface area contributed by atoms with Crippen LogP contribution in [0.25, 0.3) is 0 Å². The molecule has 1 aromatic rings. The van der Waals surface area contributed by atoms with Crippen LogP contribution in [0.4, 0.5) is 4.79 Å². The Labute approximate surface area is 124 Å². The van der Waals surface area contributed by atoms with E-state index >= 15 is 0 Å². The van der Waals surface area contributed by atoms with Crippen molar-refractivity contribution in [3.05, 3.63) is 35.9 Å². The summed E-state index contributed by atoms with van der Waals surface area (Å²) in [5.74, 6) is -1.11. The molecule has 1 atom stereocenters. The van der Waals surface area contributed by atoms with Gasteiger partial charge in [0.05, 0.1) is 5.60 Å². The van der Waals surface area contributed by atoms with E-state index in [2.05, 4.69) is 10.6 Å². The Morgan fingerprint density at radius 1 is 1.29 bits per heavy atom. The third-order valence-corrected chi connectivity index (χ3v) is 2.87. The summed E-state index contributed by atoms with van der Waals surface area (Å²) in [5, 5.41) is 14.3. The van der Waals surface area contributed by atoms with E-state index in [0.29, 0.717) is 12.2 Å². The summed E-state index contributed by atoms with van der Waals surface area (Å²) < 4.78 is 5.46. The molecule has 0 heterocycles. The molecule has 0 bridgehead atoms. The van der Waals surface area contributed by atoms with Gasteiger partial charge in [0, 0.05) is 13.2 Å². The molecule has 0 aliphatic rings. The molecule has 0 saturated heterocycles. The number of aliphatic carboxylic acids is 1. The Bertz CT molecular complexity index is 474. The van der Waals surface area contributed by atoms with E-state index in [-0.39, 0.29) is 6.54 Å². The first-order valence-electron chi connectivity index (χ1n) is 6.82. The minimum atomic E-state index is -1.11. The lowest BCUT2D eigenvalue weighted by Crippen LogP contribution is -2.46. The van der Waals surface area contributed by atoms with Crippen molar-refractivity contribution < 1.29 is 19.4 Å². The SMILES string of the molecule is CCOC(C)(C)CNC(=O)NC(C(=O)O)c1ccccc1. The van der Waals surface area contributed by atoms with E-state index in [0.717, 1.165) is 0 Å². The highest BCUT2D eigenvalue weighted by Gasteiger charge is 2.23. The molecule has 6 heteroatoms. The summed E-state index contributed by atoms with van der Waals surface area (Å²) in [5.41, 5.74) is 0.0154. The number of urea groups is 1. The number of benzene rings is 1. The zero-order valence-electron chi connectivity index (χ0n) is 12.6. The standard InChI is InChI=1S/C15H22N2O4/c1-4-21-15(2,3)10-16-14(20)17-12(13(18)19)11-8-6-5-7-9-11/h5-9,12H,4,10H2,1-3H3,(H,18,19)(H2,16,17,20). The van der Waals surface area contributed by atoms with Crippen LogP contribution in [0.3, 0.4) is 0 Å². The van der Waals surface area contributed by atoms with Gasteiger partial charge in [0.25, 0.3) is 0 Å². The van der Waals surface area contributed by atoms with Crippen LogP contribution in [-0.2, 0) is 9.53 Å². The van der Waals surface area contributed by atoms with Gasteiger partial charge in [-0.15, -0.1) is 0 Å². The van der Waals surface area contributed by atoms with Gasteiger partial charge in [0.15, 0.2) is 6.04 Å². The molecule has 0 aliphatic heterocycles. The van der Waals surface area contributed by atoms with E-state index in [1.165, 1.54) is 0 Å². The molecule has 1 unspecified atom stereocenters. The van der Waals surface area contributed by atoms with E-state index in [9.17, 15) is 14.7 Å². The van der Waals surface area contributed by atoms with Gasteiger partial charge in [-0.2, -0.15) is 0 Å². The molecule has 1 aromatic carbocycles. The number of amides is 2. The first kappa shape index (κ1) is 17.0. The molecule has 116 valence electrons. The van der Waals surface area contributed by atoms with Crippen LogP contribution in [0.1, 0.15) is 32.4 Å². The van der Waals surface area contributed by atoms with Crippen molar-refractivity contribution in [2.75, 3.05) is 13.2 Å². The number of nitrogens with one attached hydrogen (secondary N) is 2. The van der Waals surface area contributed by atoms with E-state index in [4.69, 9.17) is 4.74 Å². The third kappa shape index (κ3) is 5.83. The van der Waals surface area contributed by atoms with Crippen molar-refractivity contribution in [2.24, 2.45) is 0 Å². The summed E-state index contributed by atoms with van der Waals surface area (Å²) in [6.07, 6.45) is 0. The van der Waals surface area contributed by atoms with Gasteiger partial charge >= 0.3 is 12.0 Å². The summed E-state index contributed by atoms with van der Waals surface area (Å²) in [4.78, 5) is 23.1. The molecule has 2 amide bonds. The topological polar surface area (TPSA) is 87.7 Å². The maximum Gasteiger partial charge on any atom is 0.330 e. The molecule has 0 spiro atoms. The molecular formula is C15H22N2O4. The third-order valence-electron chi connectivity index (χ3n) is 2.87. The summed E-state index contributed by atoms with van der Waals surface area (Å²) in [6.45, 7) is 6.40. The Kier molecular flexibility index (Phi) is 6.17. The second-order valence-electron chi connectivity index (χ2n) is 5.20. The highest BCUT2D eigenvalue weighted by molar-refractivity contribution is 5.83. The van der Waals surface area contributed by atoms with Gasteiger partial charge in [-0.1, -0.05) is 30.3 Å². The van der Waals surface area contributed by atoms with Crippen LogP contribution >= 0.6 is 0 Å². The van der Waals surface area contributed by atoms with Crippen LogP contribution in [0, 0.1) is 0 Å². The van der Waals surface area contributed by atoms with Crippen LogP contribution in [-0.4, -0.2) is 35.9 Å². The average molecular weight is 294 g/mol. The van der Waals surface area contributed by atoms with Crippen LogP contribution in [0.2, 0.25) is 0 Å². The molecule has 0 aliphatic carbocycles. The fourth-order valence-electron chi connectivity index (χ4n) is 1.85. The second kappa shape index (κ2) is 7.64. The number of carboxylic acids is 1. The molecule has 0 fully saturated rings. The highest BCUT2D eigenvalue weighted by Crippen LogP contribution is 2.12. The van der Waals surface area contributed by atoms with Gasteiger partial charge < -0.3 is 20.5 Å². The predicted octanol–water partition coefficient (Wildman–Crippen LogP) is 1.93. The monoisotopic (exact) mass is 294 g/mol. The average Bonchev–Trinajstić information content (AvgIpc) is 2.43. The normalized spacial score (nSPS) is 12.5. The van der Waals surface area contributed by atoms with Crippen molar-refractivity contribution in [1.29, 1.82) is 0 Å². The van der Waals surface area contributed by atoms with Crippen molar-refractivity contribution in [1.82, 2.24) is 10.6 Å². The van der Waals surface area contributed by atoms with Crippen LogP contribution < -0.4 is 10.6 Å². The Balaban J connectivity index is 2.61. The molecule has 0 aromatic heterocycles. The number of carbonyl (C=O) groups excluding carboxylic acids is 1. The zero-order chi connectivity index (χ0) is 15.9. The number of carboxylic acid groups (broad SMARTS) is 1. The molecule has 0 radical (unpaired) electrons. The van der Waals surface area contributed by atoms with Crippen molar-refractivity contribution in [3.8, 4) is 0 Å². The summed E-state index contributed by atoms with van der Waals surface area (Å²) in [6, 6.07) is 6.92. The molecule has 21 heavy (non-hydrogen) atoms. The number of ether oxygens (including phenoxy) is 1. The Morgan fingerprint density at radius 3 is 2.43 bits per heavy atom. The van der Waals surface area contributed by atoms with Gasteiger partial charge in [0.1, 0.15) is 0 Å². The Hall–Kier alpha value is -2.08. The molecule has 0 saturated carbocycles. The minimum absolute atomic E-state index is 0.286. The molecular weight excluding hydrogens is 272 g/mol. The van der Waals surface area contributed by atoms with Gasteiger partial charge in [-0.25, -0.2) is 9.59 Å². The highest BCUT2D eigenvalue weighted by atomic mass is 16.5. The maximum atomic E-state index is 11.8. The maximum absolute atomic E-state index is 11.8. The smallest absolute Gasteiger partial charge is 0.330 e.